The molecule has 0 spiro atoms. The summed E-state index contributed by atoms with van der Waals surface area (Å²) in [4.78, 5) is 16.4. The van der Waals surface area contributed by atoms with Gasteiger partial charge < -0.3 is 5.32 Å². The molecule has 1 atom stereocenters. The number of sulfonamides is 1. The maximum absolute atomic E-state index is 13.0. The van der Waals surface area contributed by atoms with Crippen LogP contribution in [0.4, 0.5) is 10.2 Å². The van der Waals surface area contributed by atoms with Gasteiger partial charge in [-0.2, -0.15) is 4.31 Å². The van der Waals surface area contributed by atoms with E-state index < -0.39 is 27.8 Å². The molecule has 24 heavy (non-hydrogen) atoms. The molecule has 8 heteroatoms. The average molecular weight is 349 g/mol. The van der Waals surface area contributed by atoms with Gasteiger partial charge in [0.25, 0.3) is 0 Å². The first-order valence-electron chi connectivity index (χ1n) is 7.48. The fourth-order valence-corrected chi connectivity index (χ4v) is 4.33. The fourth-order valence-electron chi connectivity index (χ4n) is 2.68. The second kappa shape index (κ2) is 6.66. The number of benzene rings is 1. The van der Waals surface area contributed by atoms with E-state index in [4.69, 9.17) is 0 Å². The summed E-state index contributed by atoms with van der Waals surface area (Å²) in [6.45, 7) is 0.250. The van der Waals surface area contributed by atoms with E-state index in [1.165, 1.54) is 22.6 Å². The van der Waals surface area contributed by atoms with Crippen molar-refractivity contribution in [3.63, 3.8) is 0 Å². The Morgan fingerprint density at radius 3 is 2.62 bits per heavy atom. The Bertz CT molecular complexity index is 825. The fraction of sp³-hybridized carbons (Fsp3) is 0.250. The monoisotopic (exact) mass is 349 g/mol. The highest BCUT2D eigenvalue weighted by Gasteiger charge is 2.39. The Labute approximate surface area is 139 Å². The van der Waals surface area contributed by atoms with Gasteiger partial charge in [0.2, 0.25) is 15.9 Å². The number of pyridine rings is 1. The molecule has 0 saturated carbocycles. The van der Waals surface area contributed by atoms with Gasteiger partial charge in [-0.05, 0) is 49.2 Å². The molecule has 1 N–H and O–H groups in total. The number of carbonyl (C=O) groups is 1. The number of aromatic nitrogens is 1. The highest BCUT2D eigenvalue weighted by molar-refractivity contribution is 7.89. The molecule has 0 aliphatic carbocycles. The van der Waals surface area contributed by atoms with Crippen LogP contribution in [0.25, 0.3) is 0 Å². The number of carbonyl (C=O) groups excluding carboxylic acids is 1. The summed E-state index contributed by atoms with van der Waals surface area (Å²) in [5.74, 6) is -0.565. The van der Waals surface area contributed by atoms with Crippen LogP contribution in [0.3, 0.4) is 0 Å². The number of hydrogen-bond acceptors (Lipinski definition) is 4. The van der Waals surface area contributed by atoms with Crippen molar-refractivity contribution in [2.45, 2.75) is 23.8 Å². The third-order valence-corrected chi connectivity index (χ3v) is 5.77. The molecule has 1 saturated heterocycles. The van der Waals surface area contributed by atoms with Crippen molar-refractivity contribution in [1.29, 1.82) is 0 Å². The predicted molar refractivity (Wildman–Crippen MR) is 86.2 cm³/mol. The van der Waals surface area contributed by atoms with E-state index in [1.54, 1.807) is 18.2 Å². The SMILES string of the molecule is O=C(Nc1ccccn1)C1CCCN1S(=O)(=O)c1ccc(F)cc1. The van der Waals surface area contributed by atoms with Crippen molar-refractivity contribution in [3.8, 4) is 0 Å². The van der Waals surface area contributed by atoms with Gasteiger partial charge in [-0.1, -0.05) is 6.07 Å². The van der Waals surface area contributed by atoms with Crippen molar-refractivity contribution in [1.82, 2.24) is 9.29 Å². The van der Waals surface area contributed by atoms with Crippen molar-refractivity contribution < 1.29 is 17.6 Å². The molecule has 2 aromatic rings. The van der Waals surface area contributed by atoms with E-state index >= 15 is 0 Å². The minimum Gasteiger partial charge on any atom is -0.309 e. The molecule has 1 aromatic heterocycles. The van der Waals surface area contributed by atoms with Crippen LogP contribution in [-0.2, 0) is 14.8 Å². The first-order chi connectivity index (χ1) is 11.5. The highest BCUT2D eigenvalue weighted by atomic mass is 32.2. The predicted octanol–water partition coefficient (Wildman–Crippen LogP) is 2.01. The van der Waals surface area contributed by atoms with Crippen LogP contribution >= 0.6 is 0 Å². The van der Waals surface area contributed by atoms with Crippen LogP contribution in [0.2, 0.25) is 0 Å². The second-order valence-corrected chi connectivity index (χ2v) is 7.32. The molecule has 126 valence electrons. The average Bonchev–Trinajstić information content (AvgIpc) is 3.07. The molecule has 1 aliphatic heterocycles. The number of nitrogens with one attached hydrogen (secondary N) is 1. The zero-order chi connectivity index (χ0) is 17.2. The van der Waals surface area contributed by atoms with E-state index in [0.29, 0.717) is 18.7 Å². The van der Waals surface area contributed by atoms with Gasteiger partial charge in [0.15, 0.2) is 0 Å². The summed E-state index contributed by atoms with van der Waals surface area (Å²) >= 11 is 0. The van der Waals surface area contributed by atoms with Crippen LogP contribution in [-0.4, -0.2) is 36.2 Å². The lowest BCUT2D eigenvalue weighted by Crippen LogP contribution is -2.43. The first kappa shape index (κ1) is 16.5. The van der Waals surface area contributed by atoms with Gasteiger partial charge in [-0.3, -0.25) is 4.79 Å². The van der Waals surface area contributed by atoms with Crippen molar-refractivity contribution in [2.75, 3.05) is 11.9 Å². The number of nitrogens with zero attached hydrogens (tertiary/aromatic N) is 2. The van der Waals surface area contributed by atoms with E-state index in [0.717, 1.165) is 12.1 Å². The summed E-state index contributed by atoms with van der Waals surface area (Å²) in [6, 6.07) is 8.86. The van der Waals surface area contributed by atoms with Gasteiger partial charge in [0.05, 0.1) is 4.90 Å². The lowest BCUT2D eigenvalue weighted by atomic mass is 10.2. The second-order valence-electron chi connectivity index (χ2n) is 5.43. The molecule has 1 aromatic carbocycles. The molecule has 0 radical (unpaired) electrons. The summed E-state index contributed by atoms with van der Waals surface area (Å²) in [5, 5.41) is 2.63. The Morgan fingerprint density at radius 1 is 1.21 bits per heavy atom. The zero-order valence-corrected chi connectivity index (χ0v) is 13.5. The molecule has 1 aliphatic rings. The minimum atomic E-state index is -3.86. The third-order valence-electron chi connectivity index (χ3n) is 3.84. The standard InChI is InChI=1S/C16H16FN3O3S/c17-12-6-8-13(9-7-12)24(22,23)20-11-3-4-14(20)16(21)19-15-5-1-2-10-18-15/h1-2,5-10,14H,3-4,11H2,(H,18,19,21). The van der Waals surface area contributed by atoms with Crippen molar-refractivity contribution in [2.24, 2.45) is 0 Å². The van der Waals surface area contributed by atoms with Crippen molar-refractivity contribution in [3.05, 3.63) is 54.5 Å². The Balaban J connectivity index is 1.82. The van der Waals surface area contributed by atoms with E-state index in [-0.39, 0.29) is 11.4 Å². The molecule has 3 rings (SSSR count). The van der Waals surface area contributed by atoms with Gasteiger partial charge in [0, 0.05) is 12.7 Å². The summed E-state index contributed by atoms with van der Waals surface area (Å²) < 4.78 is 39.6. The van der Waals surface area contributed by atoms with Gasteiger partial charge >= 0.3 is 0 Å². The normalized spacial score (nSPS) is 18.5. The summed E-state index contributed by atoms with van der Waals surface area (Å²) in [5.41, 5.74) is 0. The van der Waals surface area contributed by atoms with E-state index in [9.17, 15) is 17.6 Å². The van der Waals surface area contributed by atoms with Crippen molar-refractivity contribution >= 4 is 21.7 Å². The van der Waals surface area contributed by atoms with E-state index in [2.05, 4.69) is 10.3 Å². The number of amides is 1. The Hall–Kier alpha value is -2.32. The quantitative estimate of drug-likeness (QED) is 0.916. The molecular weight excluding hydrogens is 333 g/mol. The molecule has 1 unspecified atom stereocenters. The Morgan fingerprint density at radius 2 is 1.96 bits per heavy atom. The summed E-state index contributed by atoms with van der Waals surface area (Å²) in [6.07, 6.45) is 2.55. The Kier molecular flexibility index (Phi) is 4.59. The van der Waals surface area contributed by atoms with Crippen LogP contribution < -0.4 is 5.32 Å². The highest BCUT2D eigenvalue weighted by Crippen LogP contribution is 2.27. The smallest absolute Gasteiger partial charge is 0.243 e. The minimum absolute atomic E-state index is 0.0264. The van der Waals surface area contributed by atoms with Gasteiger partial charge in [0.1, 0.15) is 17.7 Å². The zero-order valence-electron chi connectivity index (χ0n) is 12.7. The lowest BCUT2D eigenvalue weighted by Gasteiger charge is -2.23. The third kappa shape index (κ3) is 3.29. The van der Waals surface area contributed by atoms with Crippen LogP contribution in [0.5, 0.6) is 0 Å². The number of hydrogen-bond donors (Lipinski definition) is 1. The molecule has 1 amide bonds. The number of anilines is 1. The lowest BCUT2D eigenvalue weighted by molar-refractivity contribution is -0.119. The molecule has 6 nitrogen and oxygen atoms in total. The largest absolute Gasteiger partial charge is 0.309 e. The molecular formula is C16H16FN3O3S. The molecule has 2 heterocycles. The molecule has 1 fully saturated rings. The maximum atomic E-state index is 13.0. The number of rotatable bonds is 4. The van der Waals surface area contributed by atoms with Crippen LogP contribution in [0.1, 0.15) is 12.8 Å². The maximum Gasteiger partial charge on any atom is 0.243 e. The van der Waals surface area contributed by atoms with Crippen LogP contribution in [0, 0.1) is 5.82 Å². The van der Waals surface area contributed by atoms with E-state index in [1.807, 2.05) is 0 Å². The van der Waals surface area contributed by atoms with Gasteiger partial charge in [-0.25, -0.2) is 17.8 Å². The summed E-state index contributed by atoms with van der Waals surface area (Å²) in [7, 11) is -3.86. The topological polar surface area (TPSA) is 79.4 Å². The van der Waals surface area contributed by atoms with Crippen LogP contribution in [0.15, 0.2) is 53.6 Å². The van der Waals surface area contributed by atoms with Gasteiger partial charge in [-0.15, -0.1) is 0 Å². The number of halogens is 1. The molecule has 0 bridgehead atoms. The first-order valence-corrected chi connectivity index (χ1v) is 8.92.